The molecule has 0 spiro atoms. The number of rotatable bonds is 25. The monoisotopic (exact) mass is 572 g/mol. The molecule has 0 unspecified atom stereocenters. The lowest BCUT2D eigenvalue weighted by Gasteiger charge is -2.25. The maximum absolute atomic E-state index is 5.62. The molecule has 0 atom stereocenters. The van der Waals surface area contributed by atoms with Crippen LogP contribution in [0.4, 0.5) is 0 Å². The first-order valence-electron chi connectivity index (χ1n) is 13.0. The highest BCUT2D eigenvalue weighted by atomic mass is 28.4. The summed E-state index contributed by atoms with van der Waals surface area (Å²) in [6.07, 6.45) is 6.95. The van der Waals surface area contributed by atoms with E-state index in [1.807, 2.05) is 0 Å². The third-order valence-electron chi connectivity index (χ3n) is 7.03. The standard InChI is InChI=1S/C22H56N2O7Si4/c1-25-33(8,26-2)19-14-16-23-22(24-17-15-20-34(9,27-3)28-4)32-18-12-10-11-13-21-35(29-5,30-6)31-7/h22-24H,10-21,32H2,1-9H3. The summed E-state index contributed by atoms with van der Waals surface area (Å²) in [4.78, 5) is 0. The van der Waals surface area contributed by atoms with E-state index in [-0.39, 0.29) is 9.52 Å². The van der Waals surface area contributed by atoms with Crippen molar-refractivity contribution >= 4 is 35.4 Å². The van der Waals surface area contributed by atoms with Gasteiger partial charge >= 0.3 is 25.9 Å². The van der Waals surface area contributed by atoms with Gasteiger partial charge in [0.2, 0.25) is 0 Å². The minimum Gasteiger partial charge on any atom is -0.398 e. The maximum Gasteiger partial charge on any atom is 0.500 e. The van der Waals surface area contributed by atoms with Gasteiger partial charge in [0.25, 0.3) is 0 Å². The van der Waals surface area contributed by atoms with Gasteiger partial charge in [-0.25, -0.2) is 0 Å². The van der Waals surface area contributed by atoms with Gasteiger partial charge in [-0.05, 0) is 57.5 Å². The fourth-order valence-corrected chi connectivity index (χ4v) is 10.4. The van der Waals surface area contributed by atoms with Gasteiger partial charge in [0.15, 0.2) is 0 Å². The quantitative estimate of drug-likeness (QED) is 0.0974. The van der Waals surface area contributed by atoms with E-state index in [1.165, 1.54) is 25.3 Å². The fourth-order valence-electron chi connectivity index (χ4n) is 4.00. The maximum atomic E-state index is 5.62. The van der Waals surface area contributed by atoms with E-state index < -0.39 is 25.9 Å². The SMILES string of the molecule is CO[Si](C)(CCCNC(NCCC[Si](C)(OC)OC)[SiH2]CCCCCC[Si](OC)(OC)OC)OC. The zero-order valence-electron chi connectivity index (χ0n) is 24.1. The predicted octanol–water partition coefficient (Wildman–Crippen LogP) is 2.98. The summed E-state index contributed by atoms with van der Waals surface area (Å²) in [6.45, 7) is 6.23. The minimum atomic E-state index is -2.42. The number of hydrogen-bond donors (Lipinski definition) is 2. The Morgan fingerprint density at radius 2 is 0.971 bits per heavy atom. The van der Waals surface area contributed by atoms with Crippen LogP contribution in [0.2, 0.25) is 37.3 Å². The molecular formula is C22H56N2O7Si4. The largest absolute Gasteiger partial charge is 0.500 e. The summed E-state index contributed by atoms with van der Waals surface area (Å²) >= 11 is 0. The van der Waals surface area contributed by atoms with Crippen molar-refractivity contribution < 1.29 is 31.0 Å². The van der Waals surface area contributed by atoms with E-state index in [0.29, 0.717) is 5.79 Å². The summed E-state index contributed by atoms with van der Waals surface area (Å²) in [6, 6.07) is 4.22. The molecular weight excluding hydrogens is 517 g/mol. The highest BCUT2D eigenvalue weighted by Crippen LogP contribution is 2.18. The van der Waals surface area contributed by atoms with Crippen molar-refractivity contribution in [2.45, 2.75) is 81.6 Å². The molecule has 0 rings (SSSR count). The molecule has 0 heterocycles. The van der Waals surface area contributed by atoms with E-state index in [4.69, 9.17) is 31.0 Å². The number of unbranched alkanes of at least 4 members (excludes halogenated alkanes) is 3. The molecule has 0 aliphatic carbocycles. The van der Waals surface area contributed by atoms with E-state index in [9.17, 15) is 0 Å². The molecule has 0 aliphatic heterocycles. The van der Waals surface area contributed by atoms with E-state index >= 15 is 0 Å². The van der Waals surface area contributed by atoms with E-state index in [0.717, 1.165) is 50.5 Å². The van der Waals surface area contributed by atoms with Crippen molar-refractivity contribution in [3.8, 4) is 0 Å². The summed E-state index contributed by atoms with van der Waals surface area (Å²) in [7, 11) is 5.42. The lowest BCUT2D eigenvalue weighted by molar-refractivity contribution is 0.122. The first-order chi connectivity index (χ1) is 16.7. The van der Waals surface area contributed by atoms with Crippen LogP contribution in [-0.2, 0) is 31.0 Å². The fraction of sp³-hybridized carbons (Fsp3) is 1.00. The normalized spacial score (nSPS) is 13.5. The zero-order chi connectivity index (χ0) is 26.6. The van der Waals surface area contributed by atoms with E-state index in [1.54, 1.807) is 49.8 Å². The van der Waals surface area contributed by atoms with Gasteiger partial charge in [0.05, 0.1) is 9.52 Å². The van der Waals surface area contributed by atoms with Gasteiger partial charge in [-0.15, -0.1) is 0 Å². The third kappa shape index (κ3) is 15.5. The lowest BCUT2D eigenvalue weighted by Crippen LogP contribution is -2.48. The molecule has 212 valence electrons. The zero-order valence-corrected chi connectivity index (χ0v) is 28.5. The van der Waals surface area contributed by atoms with Crippen molar-refractivity contribution in [2.75, 3.05) is 62.9 Å². The smallest absolute Gasteiger partial charge is 0.398 e. The highest BCUT2D eigenvalue weighted by molar-refractivity contribution is 6.66. The summed E-state index contributed by atoms with van der Waals surface area (Å²) in [5.74, 6) is 0.446. The van der Waals surface area contributed by atoms with Crippen LogP contribution in [0.1, 0.15) is 38.5 Å². The van der Waals surface area contributed by atoms with Crippen LogP contribution < -0.4 is 10.6 Å². The molecule has 0 amide bonds. The first-order valence-corrected chi connectivity index (χ1v) is 21.8. The van der Waals surface area contributed by atoms with Crippen LogP contribution >= 0.6 is 0 Å². The third-order valence-corrected chi connectivity index (χ3v) is 17.9. The van der Waals surface area contributed by atoms with Gasteiger partial charge < -0.3 is 41.6 Å². The molecule has 0 aromatic carbocycles. The minimum absolute atomic E-state index is 0.285. The molecule has 9 nitrogen and oxygen atoms in total. The molecule has 0 fully saturated rings. The Hall–Kier alpha value is 0.508. The molecule has 0 aromatic rings. The van der Waals surface area contributed by atoms with Crippen molar-refractivity contribution in [2.24, 2.45) is 0 Å². The highest BCUT2D eigenvalue weighted by Gasteiger charge is 2.36. The second-order valence-corrected chi connectivity index (χ2v) is 21.7. The van der Waals surface area contributed by atoms with Crippen LogP contribution in [0.5, 0.6) is 0 Å². The average Bonchev–Trinajstić information content (AvgIpc) is 2.90. The van der Waals surface area contributed by atoms with Crippen molar-refractivity contribution in [3.63, 3.8) is 0 Å². The first kappa shape index (κ1) is 35.5. The Morgan fingerprint density at radius 3 is 1.37 bits per heavy atom. The molecule has 0 aromatic heterocycles. The Morgan fingerprint density at radius 1 is 0.543 bits per heavy atom. The second kappa shape index (κ2) is 20.5. The molecule has 13 heteroatoms. The van der Waals surface area contributed by atoms with E-state index in [2.05, 4.69) is 23.7 Å². The van der Waals surface area contributed by atoms with Crippen LogP contribution in [0, 0.1) is 0 Å². The molecule has 0 saturated carbocycles. The topological polar surface area (TPSA) is 88.7 Å². The van der Waals surface area contributed by atoms with Crippen molar-refractivity contribution in [3.05, 3.63) is 0 Å². The number of hydrogen-bond acceptors (Lipinski definition) is 9. The molecule has 0 bridgehead atoms. The predicted molar refractivity (Wildman–Crippen MR) is 153 cm³/mol. The molecule has 35 heavy (non-hydrogen) atoms. The Balaban J connectivity index is 4.41. The second-order valence-electron chi connectivity index (χ2n) is 9.35. The Bertz CT molecular complexity index is 466. The van der Waals surface area contributed by atoms with Gasteiger partial charge in [-0.2, -0.15) is 0 Å². The van der Waals surface area contributed by atoms with Crippen LogP contribution in [0.3, 0.4) is 0 Å². The molecule has 0 aliphatic rings. The number of nitrogens with one attached hydrogen (secondary N) is 2. The van der Waals surface area contributed by atoms with Gasteiger partial charge in [0.1, 0.15) is 0 Å². The van der Waals surface area contributed by atoms with Crippen LogP contribution in [-0.4, -0.2) is 104 Å². The molecule has 0 radical (unpaired) electrons. The summed E-state index contributed by atoms with van der Waals surface area (Å²) in [5, 5.41) is 7.55. The van der Waals surface area contributed by atoms with Crippen molar-refractivity contribution in [1.82, 2.24) is 10.6 Å². The van der Waals surface area contributed by atoms with Crippen LogP contribution in [0.25, 0.3) is 0 Å². The molecule has 0 saturated heterocycles. The Kier molecular flexibility index (Phi) is 20.8. The molecule has 2 N–H and O–H groups in total. The van der Waals surface area contributed by atoms with Gasteiger partial charge in [0, 0.05) is 61.6 Å². The van der Waals surface area contributed by atoms with Gasteiger partial charge in [-0.1, -0.05) is 25.3 Å². The Labute approximate surface area is 221 Å². The lowest BCUT2D eigenvalue weighted by atomic mass is 10.2. The summed E-state index contributed by atoms with van der Waals surface area (Å²) in [5.41, 5.74) is 0. The summed E-state index contributed by atoms with van der Waals surface area (Å²) < 4.78 is 39.0. The van der Waals surface area contributed by atoms with Crippen LogP contribution in [0.15, 0.2) is 0 Å². The van der Waals surface area contributed by atoms with Gasteiger partial charge in [-0.3, -0.25) is 0 Å². The average molecular weight is 573 g/mol. The van der Waals surface area contributed by atoms with Crippen molar-refractivity contribution in [1.29, 1.82) is 0 Å².